The van der Waals surface area contributed by atoms with Gasteiger partial charge in [0.05, 0.1) is 6.54 Å². The van der Waals surface area contributed by atoms with Crippen LogP contribution in [0.1, 0.15) is 0 Å². The van der Waals surface area contributed by atoms with E-state index in [1.165, 1.54) is 6.08 Å². The van der Waals surface area contributed by atoms with Gasteiger partial charge in [-0.3, -0.25) is 9.69 Å². The van der Waals surface area contributed by atoms with E-state index in [0.717, 1.165) is 0 Å². The van der Waals surface area contributed by atoms with Crippen molar-refractivity contribution in [2.75, 3.05) is 6.54 Å². The van der Waals surface area contributed by atoms with Gasteiger partial charge in [-0.1, -0.05) is 15.9 Å². The molecule has 54 valence electrons. The predicted molar refractivity (Wildman–Crippen MR) is 34.1 cm³/mol. The summed E-state index contributed by atoms with van der Waals surface area (Å²) < 4.78 is 0.557. The molecule has 0 radical (unpaired) electrons. The first-order valence-corrected chi connectivity index (χ1v) is 3.29. The summed E-state index contributed by atoms with van der Waals surface area (Å²) in [5.41, 5.74) is 0. The first-order chi connectivity index (χ1) is 4.61. The number of halogens is 1. The predicted octanol–water partition coefficient (Wildman–Crippen LogP) is -0.549. The summed E-state index contributed by atoms with van der Waals surface area (Å²) in [6.45, 7) is 0.0706. The Balaban J connectivity index is 2.73. The zero-order valence-electron chi connectivity index (χ0n) is 4.83. The molecule has 5 heteroatoms. The van der Waals surface area contributed by atoms with Crippen molar-refractivity contribution in [3.63, 3.8) is 0 Å². The van der Waals surface area contributed by atoms with Gasteiger partial charge in [-0.25, -0.2) is 0 Å². The Bertz CT molecular complexity index is 223. The molecule has 0 saturated heterocycles. The molecule has 1 rings (SSSR count). The van der Waals surface area contributed by atoms with Crippen molar-refractivity contribution in [1.82, 2.24) is 4.90 Å². The molecule has 0 bridgehead atoms. The topological polar surface area (TPSA) is 60.4 Å². The van der Waals surface area contributed by atoms with Crippen LogP contribution in [-0.2, 0) is 4.79 Å². The maximum atomic E-state index is 10.6. The van der Waals surface area contributed by atoms with Crippen LogP contribution in [0.3, 0.4) is 0 Å². The van der Waals surface area contributed by atoms with Gasteiger partial charge in [0.15, 0.2) is 0 Å². The molecule has 0 N–H and O–H groups in total. The molecule has 4 nitrogen and oxygen atoms in total. The Morgan fingerprint density at radius 3 is 2.60 bits per heavy atom. The maximum Gasteiger partial charge on any atom is 0.253 e. The molecule has 1 aliphatic rings. The number of carbonyl (C=O) groups excluding carboxylic acids is 2. The number of carbonyl (C=O) groups is 2. The van der Waals surface area contributed by atoms with Gasteiger partial charge in [0, 0.05) is 10.6 Å². The minimum Gasteiger partial charge on any atom is -0.530 e. The Hall–Kier alpha value is -0.840. The maximum absolute atomic E-state index is 10.6. The SMILES string of the molecule is O=C([O-])N1CC(Br)=CC1=O. The van der Waals surface area contributed by atoms with Crippen LogP contribution < -0.4 is 5.11 Å². The summed E-state index contributed by atoms with van der Waals surface area (Å²) in [4.78, 5) is 21.3. The number of amides is 2. The van der Waals surface area contributed by atoms with Crippen molar-refractivity contribution < 1.29 is 14.7 Å². The summed E-state index contributed by atoms with van der Waals surface area (Å²) in [5, 5.41) is 10.1. The number of hydrogen-bond acceptors (Lipinski definition) is 3. The number of rotatable bonds is 0. The molecule has 0 aromatic carbocycles. The minimum atomic E-state index is -1.46. The molecule has 0 aromatic rings. The zero-order chi connectivity index (χ0) is 7.72. The molecule has 0 aliphatic carbocycles. The third kappa shape index (κ3) is 1.18. The van der Waals surface area contributed by atoms with Crippen LogP contribution >= 0.6 is 15.9 Å². The molecular formula is C5H3BrNO3-. The number of hydrogen-bond donors (Lipinski definition) is 0. The lowest BCUT2D eigenvalue weighted by Gasteiger charge is -2.15. The summed E-state index contributed by atoms with van der Waals surface area (Å²) in [6, 6.07) is 0. The third-order valence-corrected chi connectivity index (χ3v) is 1.56. The van der Waals surface area contributed by atoms with Crippen molar-refractivity contribution in [3.8, 4) is 0 Å². The van der Waals surface area contributed by atoms with E-state index in [9.17, 15) is 14.7 Å². The average molecular weight is 205 g/mol. The highest BCUT2D eigenvalue weighted by atomic mass is 79.9. The lowest BCUT2D eigenvalue weighted by molar-refractivity contribution is -0.262. The second kappa shape index (κ2) is 2.42. The first kappa shape index (κ1) is 7.27. The molecule has 0 saturated carbocycles. The van der Waals surface area contributed by atoms with Gasteiger partial charge in [-0.15, -0.1) is 0 Å². The molecule has 0 atom stereocenters. The largest absolute Gasteiger partial charge is 0.530 e. The van der Waals surface area contributed by atoms with Crippen LogP contribution in [0.4, 0.5) is 4.79 Å². The van der Waals surface area contributed by atoms with Crippen LogP contribution in [0.5, 0.6) is 0 Å². The highest BCUT2D eigenvalue weighted by Crippen LogP contribution is 2.14. The van der Waals surface area contributed by atoms with Crippen molar-refractivity contribution in [1.29, 1.82) is 0 Å². The smallest absolute Gasteiger partial charge is 0.253 e. The van der Waals surface area contributed by atoms with Crippen LogP contribution in [0, 0.1) is 0 Å². The number of nitrogens with zero attached hydrogens (tertiary/aromatic N) is 1. The third-order valence-electron chi connectivity index (χ3n) is 1.08. The van der Waals surface area contributed by atoms with Crippen LogP contribution in [0.15, 0.2) is 10.6 Å². The average Bonchev–Trinajstić information content (AvgIpc) is 2.10. The highest BCUT2D eigenvalue weighted by Gasteiger charge is 2.19. The summed E-state index contributed by atoms with van der Waals surface area (Å²) in [5.74, 6) is -0.549. The zero-order valence-corrected chi connectivity index (χ0v) is 6.42. The Morgan fingerprint density at radius 2 is 2.40 bits per heavy atom. The Morgan fingerprint density at radius 1 is 1.80 bits per heavy atom. The van der Waals surface area contributed by atoms with E-state index in [1.807, 2.05) is 0 Å². The van der Waals surface area contributed by atoms with Crippen LogP contribution in [-0.4, -0.2) is 23.4 Å². The molecular weight excluding hydrogens is 202 g/mol. The quantitative estimate of drug-likeness (QED) is 0.533. The fraction of sp³-hybridized carbons (Fsp3) is 0.200. The second-order valence-corrected chi connectivity index (χ2v) is 2.80. The normalized spacial score (nSPS) is 17.5. The summed E-state index contributed by atoms with van der Waals surface area (Å²) >= 11 is 2.99. The van der Waals surface area contributed by atoms with Crippen LogP contribution in [0.2, 0.25) is 0 Å². The van der Waals surface area contributed by atoms with Gasteiger partial charge in [0.1, 0.15) is 6.09 Å². The lowest BCUT2D eigenvalue weighted by atomic mass is 10.6. The molecule has 0 aromatic heterocycles. The lowest BCUT2D eigenvalue weighted by Crippen LogP contribution is -2.42. The van der Waals surface area contributed by atoms with E-state index in [4.69, 9.17) is 0 Å². The molecule has 0 fully saturated rings. The fourth-order valence-electron chi connectivity index (χ4n) is 0.641. The van der Waals surface area contributed by atoms with Crippen molar-refractivity contribution in [2.45, 2.75) is 0 Å². The molecule has 2 amide bonds. The van der Waals surface area contributed by atoms with Gasteiger partial charge in [0.25, 0.3) is 5.91 Å². The minimum absolute atomic E-state index is 0.0706. The first-order valence-electron chi connectivity index (χ1n) is 2.50. The monoisotopic (exact) mass is 204 g/mol. The van der Waals surface area contributed by atoms with Gasteiger partial charge < -0.3 is 9.90 Å². The molecule has 0 unspecified atom stereocenters. The number of carboxylic acid groups (broad SMARTS) is 1. The van der Waals surface area contributed by atoms with Crippen molar-refractivity contribution in [2.24, 2.45) is 0 Å². The second-order valence-electron chi connectivity index (χ2n) is 1.78. The molecule has 1 heterocycles. The van der Waals surface area contributed by atoms with Gasteiger partial charge >= 0.3 is 0 Å². The van der Waals surface area contributed by atoms with E-state index >= 15 is 0 Å². The molecule has 10 heavy (non-hydrogen) atoms. The van der Waals surface area contributed by atoms with E-state index in [2.05, 4.69) is 15.9 Å². The highest BCUT2D eigenvalue weighted by molar-refractivity contribution is 9.11. The van der Waals surface area contributed by atoms with Gasteiger partial charge in [0.2, 0.25) is 0 Å². The molecule has 1 aliphatic heterocycles. The fourth-order valence-corrected chi connectivity index (χ4v) is 1.09. The Kier molecular flexibility index (Phi) is 1.76. The standard InChI is InChI=1S/C5H4BrNO3/c6-3-1-4(8)7(2-3)5(9)10/h1H,2H2,(H,9,10)/p-1. The van der Waals surface area contributed by atoms with Crippen molar-refractivity contribution >= 4 is 27.9 Å². The van der Waals surface area contributed by atoms with E-state index in [-0.39, 0.29) is 6.54 Å². The van der Waals surface area contributed by atoms with E-state index in [0.29, 0.717) is 9.38 Å². The van der Waals surface area contributed by atoms with Gasteiger partial charge in [-0.2, -0.15) is 0 Å². The van der Waals surface area contributed by atoms with Crippen molar-refractivity contribution in [3.05, 3.63) is 10.6 Å². The Labute approximate surface area is 65.2 Å². The summed E-state index contributed by atoms with van der Waals surface area (Å²) in [6.07, 6.45) is -0.258. The van der Waals surface area contributed by atoms with Crippen LogP contribution in [0.25, 0.3) is 0 Å². The van der Waals surface area contributed by atoms with E-state index in [1.54, 1.807) is 0 Å². The summed E-state index contributed by atoms with van der Waals surface area (Å²) in [7, 11) is 0. The number of imide groups is 1. The molecule has 0 spiro atoms. The van der Waals surface area contributed by atoms with E-state index < -0.39 is 12.0 Å². The van der Waals surface area contributed by atoms with Gasteiger partial charge in [-0.05, 0) is 0 Å².